The summed E-state index contributed by atoms with van der Waals surface area (Å²) in [5.41, 5.74) is 2.23. The molecule has 0 atom stereocenters. The van der Waals surface area contributed by atoms with Crippen LogP contribution < -0.4 is 4.74 Å². The van der Waals surface area contributed by atoms with E-state index in [1.807, 2.05) is 48.5 Å². The summed E-state index contributed by atoms with van der Waals surface area (Å²) in [5.74, 6) is 0.205. The van der Waals surface area contributed by atoms with Crippen molar-refractivity contribution in [3.63, 3.8) is 0 Å². The first-order valence-corrected chi connectivity index (χ1v) is 10.6. The highest BCUT2D eigenvalue weighted by Crippen LogP contribution is 2.29. The van der Waals surface area contributed by atoms with Crippen molar-refractivity contribution in [2.45, 2.75) is 33.0 Å². The molecule has 0 radical (unpaired) electrons. The molecule has 0 aliphatic heterocycles. The summed E-state index contributed by atoms with van der Waals surface area (Å²) in [5, 5.41) is 1.40. The fourth-order valence-electron chi connectivity index (χ4n) is 3.44. The van der Waals surface area contributed by atoms with Gasteiger partial charge in [0.05, 0.1) is 11.2 Å². The molecule has 4 aromatic rings. The molecule has 4 nitrogen and oxygen atoms in total. The van der Waals surface area contributed by atoms with Crippen LogP contribution in [0.1, 0.15) is 26.5 Å². The SMILES string of the molecule is CC(C)(C)OC(=O)n1c(COc2ccc(-c3ccccc3Cl)cc2)cc2ccc(F)cc21. The van der Waals surface area contributed by atoms with Gasteiger partial charge in [0, 0.05) is 16.0 Å². The van der Waals surface area contributed by atoms with Crippen LogP contribution in [0.4, 0.5) is 9.18 Å². The molecule has 0 N–H and O–H groups in total. The predicted octanol–water partition coefficient (Wildman–Crippen LogP) is 7.46. The molecule has 0 bridgehead atoms. The summed E-state index contributed by atoms with van der Waals surface area (Å²) < 4.78 is 26.7. The lowest BCUT2D eigenvalue weighted by Gasteiger charge is -2.21. The standard InChI is InChI=1S/C26H23ClFNO3/c1-26(2,3)32-25(30)29-20(14-18-8-11-19(28)15-24(18)29)16-31-21-12-9-17(10-13-21)22-6-4-5-7-23(22)27/h4-15H,16H2,1-3H3. The minimum Gasteiger partial charge on any atom is -0.487 e. The van der Waals surface area contributed by atoms with Gasteiger partial charge in [-0.3, -0.25) is 0 Å². The first-order valence-electron chi connectivity index (χ1n) is 10.2. The molecule has 164 valence electrons. The first-order chi connectivity index (χ1) is 15.2. The summed E-state index contributed by atoms with van der Waals surface area (Å²) in [7, 11) is 0. The summed E-state index contributed by atoms with van der Waals surface area (Å²) in [6, 6.07) is 21.3. The predicted molar refractivity (Wildman–Crippen MR) is 125 cm³/mol. The Morgan fingerprint density at radius 2 is 1.72 bits per heavy atom. The Kier molecular flexibility index (Phi) is 5.94. The van der Waals surface area contributed by atoms with Gasteiger partial charge in [-0.05, 0) is 68.8 Å². The van der Waals surface area contributed by atoms with E-state index in [-0.39, 0.29) is 6.61 Å². The summed E-state index contributed by atoms with van der Waals surface area (Å²) >= 11 is 6.28. The molecule has 4 rings (SSSR count). The minimum absolute atomic E-state index is 0.112. The summed E-state index contributed by atoms with van der Waals surface area (Å²) in [6.45, 7) is 5.47. The second-order valence-electron chi connectivity index (χ2n) is 8.45. The number of carbonyl (C=O) groups excluding carboxylic acids is 1. The Morgan fingerprint density at radius 1 is 1.00 bits per heavy atom. The van der Waals surface area contributed by atoms with Gasteiger partial charge in [-0.15, -0.1) is 0 Å². The van der Waals surface area contributed by atoms with Crippen LogP contribution in [0, 0.1) is 5.82 Å². The molecule has 0 unspecified atom stereocenters. The lowest BCUT2D eigenvalue weighted by Crippen LogP contribution is -2.28. The van der Waals surface area contributed by atoms with Crippen LogP contribution in [0.25, 0.3) is 22.0 Å². The monoisotopic (exact) mass is 451 g/mol. The zero-order chi connectivity index (χ0) is 22.9. The van der Waals surface area contributed by atoms with Crippen molar-refractivity contribution >= 4 is 28.6 Å². The van der Waals surface area contributed by atoms with E-state index >= 15 is 0 Å². The first kappa shape index (κ1) is 21.9. The third-order valence-corrected chi connectivity index (χ3v) is 5.17. The molecule has 6 heteroatoms. The molecule has 1 aromatic heterocycles. The van der Waals surface area contributed by atoms with Gasteiger partial charge in [0.2, 0.25) is 0 Å². The highest BCUT2D eigenvalue weighted by atomic mass is 35.5. The van der Waals surface area contributed by atoms with Gasteiger partial charge in [0.1, 0.15) is 23.8 Å². The van der Waals surface area contributed by atoms with E-state index < -0.39 is 17.5 Å². The van der Waals surface area contributed by atoms with Crippen molar-refractivity contribution in [3.8, 4) is 16.9 Å². The van der Waals surface area contributed by atoms with Crippen LogP contribution in [-0.4, -0.2) is 16.3 Å². The Hall–Kier alpha value is -3.31. The average Bonchev–Trinajstić information content (AvgIpc) is 3.09. The number of aromatic nitrogens is 1. The van der Waals surface area contributed by atoms with E-state index in [1.54, 1.807) is 32.9 Å². The zero-order valence-corrected chi connectivity index (χ0v) is 18.8. The van der Waals surface area contributed by atoms with Crippen molar-refractivity contribution < 1.29 is 18.7 Å². The van der Waals surface area contributed by atoms with Crippen LogP contribution in [0.2, 0.25) is 5.02 Å². The minimum atomic E-state index is -0.687. The maximum absolute atomic E-state index is 13.9. The molecule has 32 heavy (non-hydrogen) atoms. The smallest absolute Gasteiger partial charge is 0.419 e. The van der Waals surface area contributed by atoms with Gasteiger partial charge in [0.25, 0.3) is 0 Å². The normalized spacial score (nSPS) is 11.5. The molecular weight excluding hydrogens is 429 g/mol. The Labute approximate surface area is 191 Å². The quantitative estimate of drug-likeness (QED) is 0.323. The van der Waals surface area contributed by atoms with Crippen LogP contribution in [0.3, 0.4) is 0 Å². The summed E-state index contributed by atoms with van der Waals surface area (Å²) in [4.78, 5) is 12.9. The Morgan fingerprint density at radius 3 is 2.41 bits per heavy atom. The highest BCUT2D eigenvalue weighted by molar-refractivity contribution is 6.33. The number of benzene rings is 3. The van der Waals surface area contributed by atoms with E-state index in [0.717, 1.165) is 16.5 Å². The Bertz CT molecular complexity index is 1270. The number of carbonyl (C=O) groups is 1. The van der Waals surface area contributed by atoms with Crippen LogP contribution >= 0.6 is 11.6 Å². The number of hydrogen-bond donors (Lipinski definition) is 0. The lowest BCUT2D eigenvalue weighted by atomic mass is 10.1. The van der Waals surface area contributed by atoms with E-state index in [1.165, 1.54) is 16.7 Å². The van der Waals surface area contributed by atoms with Crippen molar-refractivity contribution in [2.75, 3.05) is 0 Å². The molecule has 0 spiro atoms. The van der Waals surface area contributed by atoms with Gasteiger partial charge >= 0.3 is 6.09 Å². The largest absolute Gasteiger partial charge is 0.487 e. The third kappa shape index (κ3) is 4.78. The lowest BCUT2D eigenvalue weighted by molar-refractivity contribution is 0.0535. The van der Waals surface area contributed by atoms with E-state index in [0.29, 0.717) is 22.0 Å². The second-order valence-corrected chi connectivity index (χ2v) is 8.85. The number of rotatable bonds is 4. The number of fused-ring (bicyclic) bond motifs is 1. The number of nitrogens with zero attached hydrogens (tertiary/aromatic N) is 1. The fourth-order valence-corrected chi connectivity index (χ4v) is 3.69. The second kappa shape index (κ2) is 8.67. The molecule has 0 amide bonds. The van der Waals surface area contributed by atoms with Crippen molar-refractivity contribution in [1.82, 2.24) is 4.57 Å². The zero-order valence-electron chi connectivity index (χ0n) is 18.1. The van der Waals surface area contributed by atoms with Gasteiger partial charge < -0.3 is 9.47 Å². The number of ether oxygens (including phenoxy) is 2. The van der Waals surface area contributed by atoms with Gasteiger partial charge in [0.15, 0.2) is 0 Å². The van der Waals surface area contributed by atoms with Crippen molar-refractivity contribution in [1.29, 1.82) is 0 Å². The van der Waals surface area contributed by atoms with E-state index in [9.17, 15) is 9.18 Å². The molecule has 0 saturated carbocycles. The fraction of sp³-hybridized carbons (Fsp3) is 0.192. The molecule has 0 aliphatic rings. The van der Waals surface area contributed by atoms with Gasteiger partial charge in [-0.2, -0.15) is 0 Å². The maximum atomic E-state index is 13.9. The summed E-state index contributed by atoms with van der Waals surface area (Å²) in [6.07, 6.45) is -0.578. The molecular formula is C26H23ClFNO3. The van der Waals surface area contributed by atoms with E-state index in [4.69, 9.17) is 21.1 Å². The molecule has 3 aromatic carbocycles. The van der Waals surface area contributed by atoms with Crippen molar-refractivity contribution in [3.05, 3.63) is 89.3 Å². The Balaban J connectivity index is 1.60. The van der Waals surface area contributed by atoms with Crippen molar-refractivity contribution in [2.24, 2.45) is 0 Å². The van der Waals surface area contributed by atoms with Crippen LogP contribution in [0.5, 0.6) is 5.75 Å². The highest BCUT2D eigenvalue weighted by Gasteiger charge is 2.22. The average molecular weight is 452 g/mol. The van der Waals surface area contributed by atoms with Crippen LogP contribution in [-0.2, 0) is 11.3 Å². The van der Waals surface area contributed by atoms with Gasteiger partial charge in [-0.25, -0.2) is 13.8 Å². The topological polar surface area (TPSA) is 40.5 Å². The molecule has 0 saturated heterocycles. The van der Waals surface area contributed by atoms with E-state index in [2.05, 4.69) is 0 Å². The van der Waals surface area contributed by atoms with Gasteiger partial charge in [-0.1, -0.05) is 41.9 Å². The third-order valence-electron chi connectivity index (χ3n) is 4.84. The van der Waals surface area contributed by atoms with Crippen LogP contribution in [0.15, 0.2) is 72.8 Å². The maximum Gasteiger partial charge on any atom is 0.419 e. The number of hydrogen-bond acceptors (Lipinski definition) is 3. The molecule has 1 heterocycles. The molecule has 0 aliphatic carbocycles. The number of halogens is 2. The molecule has 0 fully saturated rings.